The average Bonchev–Trinajstić information content (AvgIpc) is 2.27. The van der Waals surface area contributed by atoms with Gasteiger partial charge in [-0.2, -0.15) is 11.8 Å². The zero-order valence-electron chi connectivity index (χ0n) is 10.5. The van der Waals surface area contributed by atoms with E-state index in [1.54, 1.807) is 0 Å². The molecule has 1 rings (SSSR count). The molecule has 94 valence electrons. The van der Waals surface area contributed by atoms with Gasteiger partial charge in [-0.05, 0) is 32.1 Å². The highest BCUT2D eigenvalue weighted by atomic mass is 32.2. The van der Waals surface area contributed by atoms with E-state index in [4.69, 9.17) is 10.5 Å². The highest BCUT2D eigenvalue weighted by Crippen LogP contribution is 2.36. The van der Waals surface area contributed by atoms with Crippen LogP contribution in [-0.4, -0.2) is 29.1 Å². The zero-order chi connectivity index (χ0) is 12.2. The fourth-order valence-corrected chi connectivity index (χ4v) is 3.73. The minimum absolute atomic E-state index is 0.248. The average molecular weight is 245 g/mol. The van der Waals surface area contributed by atoms with Crippen LogP contribution < -0.4 is 5.73 Å². The van der Waals surface area contributed by atoms with Crippen molar-refractivity contribution in [2.75, 3.05) is 7.11 Å². The summed E-state index contributed by atoms with van der Waals surface area (Å²) in [7, 11) is 1.42. The molecular formula is C12H23NO2S. The Morgan fingerprint density at radius 3 is 2.94 bits per heavy atom. The maximum atomic E-state index is 11.6. The van der Waals surface area contributed by atoms with Crippen molar-refractivity contribution >= 4 is 17.7 Å². The number of carbonyl (C=O) groups excluding carboxylic acids is 1. The van der Waals surface area contributed by atoms with Gasteiger partial charge in [0.05, 0.1) is 7.11 Å². The van der Waals surface area contributed by atoms with Gasteiger partial charge in [0, 0.05) is 10.5 Å². The van der Waals surface area contributed by atoms with E-state index < -0.39 is 5.54 Å². The lowest BCUT2D eigenvalue weighted by atomic mass is 9.82. The van der Waals surface area contributed by atoms with E-state index in [1.165, 1.54) is 13.5 Å². The van der Waals surface area contributed by atoms with Crippen molar-refractivity contribution in [3.05, 3.63) is 0 Å². The summed E-state index contributed by atoms with van der Waals surface area (Å²) in [4.78, 5) is 11.6. The Labute approximate surface area is 102 Å². The summed E-state index contributed by atoms with van der Waals surface area (Å²) >= 11 is 1.96. The van der Waals surface area contributed by atoms with Crippen molar-refractivity contribution in [3.8, 4) is 0 Å². The Balaban J connectivity index is 2.55. The molecule has 0 bridgehead atoms. The molecule has 3 atom stereocenters. The minimum Gasteiger partial charge on any atom is -0.468 e. The van der Waals surface area contributed by atoms with Crippen LogP contribution in [0.25, 0.3) is 0 Å². The second-order valence-electron chi connectivity index (χ2n) is 4.72. The maximum absolute atomic E-state index is 11.6. The molecule has 3 unspecified atom stereocenters. The molecular weight excluding hydrogens is 222 g/mol. The SMILES string of the molecule is CCC(C)SC1CCCC(N)(C(=O)OC)C1. The first-order valence-corrected chi connectivity index (χ1v) is 6.99. The van der Waals surface area contributed by atoms with Crippen molar-refractivity contribution in [1.29, 1.82) is 0 Å². The molecule has 0 aromatic rings. The quantitative estimate of drug-likeness (QED) is 0.772. The number of methoxy groups -OCH3 is 1. The van der Waals surface area contributed by atoms with Crippen molar-refractivity contribution in [2.24, 2.45) is 5.73 Å². The van der Waals surface area contributed by atoms with Crippen LogP contribution in [0, 0.1) is 0 Å². The molecule has 4 heteroatoms. The summed E-state index contributed by atoms with van der Waals surface area (Å²) < 4.78 is 4.80. The van der Waals surface area contributed by atoms with E-state index in [0.29, 0.717) is 10.5 Å². The first kappa shape index (κ1) is 13.8. The van der Waals surface area contributed by atoms with Crippen LogP contribution in [0.1, 0.15) is 46.0 Å². The number of nitrogens with two attached hydrogens (primary N) is 1. The van der Waals surface area contributed by atoms with Crippen molar-refractivity contribution in [1.82, 2.24) is 0 Å². The van der Waals surface area contributed by atoms with E-state index in [2.05, 4.69) is 13.8 Å². The van der Waals surface area contributed by atoms with Gasteiger partial charge in [-0.3, -0.25) is 4.79 Å². The molecule has 1 aliphatic carbocycles. The molecule has 0 radical (unpaired) electrons. The fourth-order valence-electron chi connectivity index (χ4n) is 2.19. The number of thioether (sulfide) groups is 1. The summed E-state index contributed by atoms with van der Waals surface area (Å²) in [6.45, 7) is 4.42. The molecule has 0 spiro atoms. The minimum atomic E-state index is -0.738. The van der Waals surface area contributed by atoms with Crippen LogP contribution in [0.15, 0.2) is 0 Å². The molecule has 1 fully saturated rings. The molecule has 2 N–H and O–H groups in total. The number of carbonyl (C=O) groups is 1. The molecule has 0 aromatic carbocycles. The second kappa shape index (κ2) is 5.92. The van der Waals surface area contributed by atoms with E-state index >= 15 is 0 Å². The smallest absolute Gasteiger partial charge is 0.325 e. The van der Waals surface area contributed by atoms with Crippen LogP contribution in [0.4, 0.5) is 0 Å². The Hall–Kier alpha value is -0.220. The second-order valence-corrected chi connectivity index (χ2v) is 6.46. The number of ether oxygens (including phenoxy) is 1. The van der Waals surface area contributed by atoms with Gasteiger partial charge in [-0.25, -0.2) is 0 Å². The van der Waals surface area contributed by atoms with Gasteiger partial charge in [0.1, 0.15) is 5.54 Å². The molecule has 1 aliphatic rings. The number of rotatable bonds is 4. The van der Waals surface area contributed by atoms with Crippen LogP contribution >= 0.6 is 11.8 Å². The van der Waals surface area contributed by atoms with E-state index in [9.17, 15) is 4.79 Å². The largest absolute Gasteiger partial charge is 0.468 e. The highest BCUT2D eigenvalue weighted by molar-refractivity contribution is 8.00. The van der Waals surface area contributed by atoms with Gasteiger partial charge in [0.25, 0.3) is 0 Å². The van der Waals surface area contributed by atoms with Crippen molar-refractivity contribution in [3.63, 3.8) is 0 Å². The lowest BCUT2D eigenvalue weighted by molar-refractivity contribution is -0.148. The Morgan fingerprint density at radius 1 is 1.69 bits per heavy atom. The molecule has 1 saturated carbocycles. The van der Waals surface area contributed by atoms with E-state index in [0.717, 1.165) is 25.7 Å². The predicted octanol–water partition coefficient (Wildman–Crippen LogP) is 2.33. The number of hydrogen-bond acceptors (Lipinski definition) is 4. The summed E-state index contributed by atoms with van der Waals surface area (Å²) in [5.41, 5.74) is 5.39. The Bertz CT molecular complexity index is 247. The van der Waals surface area contributed by atoms with Crippen LogP contribution in [0.5, 0.6) is 0 Å². The summed E-state index contributed by atoms with van der Waals surface area (Å²) in [5.74, 6) is -0.248. The molecule has 0 heterocycles. The third kappa shape index (κ3) is 3.39. The normalized spacial score (nSPS) is 32.1. The van der Waals surface area contributed by atoms with E-state index in [-0.39, 0.29) is 5.97 Å². The fraction of sp³-hybridized carbons (Fsp3) is 0.917. The third-order valence-electron chi connectivity index (χ3n) is 3.33. The number of esters is 1. The molecule has 0 aromatic heterocycles. The summed E-state index contributed by atoms with van der Waals surface area (Å²) in [6.07, 6.45) is 4.88. The molecule has 0 saturated heterocycles. The van der Waals surface area contributed by atoms with Crippen LogP contribution in [-0.2, 0) is 9.53 Å². The Kier molecular flexibility index (Phi) is 5.12. The maximum Gasteiger partial charge on any atom is 0.325 e. The van der Waals surface area contributed by atoms with Crippen LogP contribution in [0.3, 0.4) is 0 Å². The van der Waals surface area contributed by atoms with Gasteiger partial charge >= 0.3 is 5.97 Å². The number of hydrogen-bond donors (Lipinski definition) is 1. The van der Waals surface area contributed by atoms with E-state index in [1.807, 2.05) is 11.8 Å². The van der Waals surface area contributed by atoms with Crippen molar-refractivity contribution in [2.45, 2.75) is 62.0 Å². The Morgan fingerprint density at radius 2 is 2.38 bits per heavy atom. The lowest BCUT2D eigenvalue weighted by Gasteiger charge is -2.36. The molecule has 0 amide bonds. The first-order chi connectivity index (χ1) is 7.51. The molecule has 3 nitrogen and oxygen atoms in total. The van der Waals surface area contributed by atoms with Gasteiger partial charge in [0.2, 0.25) is 0 Å². The zero-order valence-corrected chi connectivity index (χ0v) is 11.3. The summed E-state index contributed by atoms with van der Waals surface area (Å²) in [5, 5.41) is 1.15. The lowest BCUT2D eigenvalue weighted by Crippen LogP contribution is -2.52. The van der Waals surface area contributed by atoms with Crippen LogP contribution in [0.2, 0.25) is 0 Å². The topological polar surface area (TPSA) is 52.3 Å². The highest BCUT2D eigenvalue weighted by Gasteiger charge is 2.40. The van der Waals surface area contributed by atoms with Gasteiger partial charge in [0.15, 0.2) is 0 Å². The van der Waals surface area contributed by atoms with Gasteiger partial charge in [-0.1, -0.05) is 13.8 Å². The predicted molar refractivity (Wildman–Crippen MR) is 68.5 cm³/mol. The molecule has 16 heavy (non-hydrogen) atoms. The molecule has 0 aliphatic heterocycles. The monoisotopic (exact) mass is 245 g/mol. The summed E-state index contributed by atoms with van der Waals surface area (Å²) in [6, 6.07) is 0. The first-order valence-electron chi connectivity index (χ1n) is 6.04. The van der Waals surface area contributed by atoms with Crippen molar-refractivity contribution < 1.29 is 9.53 Å². The third-order valence-corrected chi connectivity index (χ3v) is 4.92. The van der Waals surface area contributed by atoms with Gasteiger partial charge < -0.3 is 10.5 Å². The van der Waals surface area contributed by atoms with Gasteiger partial charge in [-0.15, -0.1) is 0 Å². The standard InChI is InChI=1S/C12H23NO2S/c1-4-9(2)16-10-6-5-7-12(13,8-10)11(14)15-3/h9-10H,4-8,13H2,1-3H3.